The second kappa shape index (κ2) is 6.20. The molecule has 1 unspecified atom stereocenters. The first-order valence-corrected chi connectivity index (χ1v) is 6.70. The molecule has 1 heteroatoms. The second-order valence-electron chi connectivity index (χ2n) is 5.81. The number of benzene rings is 1. The van der Waals surface area contributed by atoms with Gasteiger partial charge in [-0.1, -0.05) is 31.5 Å². The van der Waals surface area contributed by atoms with E-state index in [9.17, 15) is 0 Å². The molecule has 1 rings (SSSR count). The van der Waals surface area contributed by atoms with Crippen molar-refractivity contribution in [2.45, 2.75) is 47.5 Å². The molecule has 0 spiro atoms. The summed E-state index contributed by atoms with van der Waals surface area (Å²) < 4.78 is 0. The topological polar surface area (TPSA) is 26.0 Å². The molecule has 1 aromatic carbocycles. The Morgan fingerprint density at radius 3 is 2.00 bits per heavy atom. The van der Waals surface area contributed by atoms with Crippen LogP contribution in [0.25, 0.3) is 0 Å². The smallest absolute Gasteiger partial charge is 0.00456 e. The maximum absolute atomic E-state index is 5.90. The van der Waals surface area contributed by atoms with Gasteiger partial charge in [0.05, 0.1) is 0 Å². The van der Waals surface area contributed by atoms with Gasteiger partial charge in [0.15, 0.2) is 0 Å². The summed E-state index contributed by atoms with van der Waals surface area (Å²) in [5, 5.41) is 0. The summed E-state index contributed by atoms with van der Waals surface area (Å²) in [6.07, 6.45) is 2.36. The normalized spacial score (nSPS) is 13.1. The van der Waals surface area contributed by atoms with Crippen LogP contribution in [0.1, 0.15) is 42.5 Å². The highest BCUT2D eigenvalue weighted by molar-refractivity contribution is 5.37. The van der Waals surface area contributed by atoms with Gasteiger partial charge in [-0.15, -0.1) is 0 Å². The Morgan fingerprint density at radius 1 is 1.06 bits per heavy atom. The SMILES string of the molecule is Cc1cc(C)c(CC(CN)CC(C)C)c(C)c1. The Balaban J connectivity index is 2.86. The van der Waals surface area contributed by atoms with Crippen molar-refractivity contribution in [3.05, 3.63) is 34.4 Å². The van der Waals surface area contributed by atoms with Crippen LogP contribution in [-0.4, -0.2) is 6.54 Å². The molecular formula is C16H27N. The third-order valence-corrected chi connectivity index (χ3v) is 3.47. The molecule has 1 aromatic rings. The molecule has 1 atom stereocenters. The number of hydrogen-bond acceptors (Lipinski definition) is 1. The summed E-state index contributed by atoms with van der Waals surface area (Å²) in [4.78, 5) is 0. The van der Waals surface area contributed by atoms with Crippen molar-refractivity contribution in [3.8, 4) is 0 Å². The minimum Gasteiger partial charge on any atom is -0.330 e. The molecule has 0 saturated carbocycles. The number of nitrogens with two attached hydrogens (primary N) is 1. The predicted octanol–water partition coefficient (Wildman–Crippen LogP) is 3.78. The van der Waals surface area contributed by atoms with Gasteiger partial charge in [-0.3, -0.25) is 0 Å². The van der Waals surface area contributed by atoms with Crippen molar-refractivity contribution >= 4 is 0 Å². The van der Waals surface area contributed by atoms with Crippen LogP contribution in [-0.2, 0) is 6.42 Å². The van der Waals surface area contributed by atoms with Crippen LogP contribution in [0.2, 0.25) is 0 Å². The highest BCUT2D eigenvalue weighted by atomic mass is 14.5. The molecule has 0 bridgehead atoms. The van der Waals surface area contributed by atoms with Gasteiger partial charge in [-0.25, -0.2) is 0 Å². The first kappa shape index (κ1) is 14.2. The van der Waals surface area contributed by atoms with E-state index < -0.39 is 0 Å². The van der Waals surface area contributed by atoms with Crippen molar-refractivity contribution in [2.24, 2.45) is 17.6 Å². The molecule has 0 aliphatic heterocycles. The fraction of sp³-hybridized carbons (Fsp3) is 0.625. The molecule has 0 aliphatic rings. The van der Waals surface area contributed by atoms with Crippen LogP contribution in [0.5, 0.6) is 0 Å². The van der Waals surface area contributed by atoms with Crippen LogP contribution in [0.3, 0.4) is 0 Å². The average molecular weight is 233 g/mol. The Hall–Kier alpha value is -0.820. The fourth-order valence-corrected chi connectivity index (χ4v) is 2.75. The first-order valence-electron chi connectivity index (χ1n) is 6.70. The standard InChI is InChI=1S/C16H27N/c1-11(2)6-15(10-17)9-16-13(4)7-12(3)8-14(16)5/h7-8,11,15H,6,9-10,17H2,1-5H3. The van der Waals surface area contributed by atoms with Crippen LogP contribution in [0, 0.1) is 32.6 Å². The molecular weight excluding hydrogens is 206 g/mol. The monoisotopic (exact) mass is 233 g/mol. The molecule has 0 aliphatic carbocycles. The van der Waals surface area contributed by atoms with Gasteiger partial charge < -0.3 is 5.73 Å². The molecule has 17 heavy (non-hydrogen) atoms. The number of aryl methyl sites for hydroxylation is 3. The van der Waals surface area contributed by atoms with E-state index in [1.807, 2.05) is 0 Å². The van der Waals surface area contributed by atoms with Crippen LogP contribution in [0.15, 0.2) is 12.1 Å². The lowest BCUT2D eigenvalue weighted by atomic mass is 9.87. The Morgan fingerprint density at radius 2 is 1.59 bits per heavy atom. The molecule has 0 aromatic heterocycles. The third kappa shape index (κ3) is 4.16. The van der Waals surface area contributed by atoms with Gasteiger partial charge >= 0.3 is 0 Å². The fourth-order valence-electron chi connectivity index (χ4n) is 2.75. The van der Waals surface area contributed by atoms with Crippen LogP contribution < -0.4 is 5.73 Å². The van der Waals surface area contributed by atoms with Crippen molar-refractivity contribution in [2.75, 3.05) is 6.54 Å². The minimum absolute atomic E-state index is 0.620. The van der Waals surface area contributed by atoms with Crippen LogP contribution in [0.4, 0.5) is 0 Å². The summed E-state index contributed by atoms with van der Waals surface area (Å²) in [5.74, 6) is 1.35. The van der Waals surface area contributed by atoms with Gasteiger partial charge in [0.2, 0.25) is 0 Å². The third-order valence-electron chi connectivity index (χ3n) is 3.47. The van der Waals surface area contributed by atoms with Gasteiger partial charge in [0.25, 0.3) is 0 Å². The summed E-state index contributed by atoms with van der Waals surface area (Å²) in [7, 11) is 0. The Kier molecular flexibility index (Phi) is 5.20. The predicted molar refractivity (Wildman–Crippen MR) is 76.4 cm³/mol. The molecule has 0 amide bonds. The van der Waals surface area contributed by atoms with Crippen molar-refractivity contribution in [1.29, 1.82) is 0 Å². The molecule has 0 heterocycles. The molecule has 0 fully saturated rings. The lowest BCUT2D eigenvalue weighted by molar-refractivity contribution is 0.414. The first-order chi connectivity index (χ1) is 7.93. The van der Waals surface area contributed by atoms with Crippen LogP contribution >= 0.6 is 0 Å². The van der Waals surface area contributed by atoms with E-state index in [1.165, 1.54) is 28.7 Å². The Labute approximate surface area is 106 Å². The number of hydrogen-bond donors (Lipinski definition) is 1. The lowest BCUT2D eigenvalue weighted by Crippen LogP contribution is -2.19. The molecule has 0 saturated heterocycles. The van der Waals surface area contributed by atoms with Gasteiger partial charge in [-0.2, -0.15) is 0 Å². The second-order valence-corrected chi connectivity index (χ2v) is 5.81. The van der Waals surface area contributed by atoms with E-state index in [2.05, 4.69) is 46.8 Å². The zero-order chi connectivity index (χ0) is 13.0. The van der Waals surface area contributed by atoms with Gasteiger partial charge in [0, 0.05) is 0 Å². The molecule has 1 nitrogen and oxygen atoms in total. The van der Waals surface area contributed by atoms with Crippen molar-refractivity contribution in [1.82, 2.24) is 0 Å². The zero-order valence-corrected chi connectivity index (χ0v) is 12.0. The summed E-state index contributed by atoms with van der Waals surface area (Å²) in [5.41, 5.74) is 11.6. The van der Waals surface area contributed by atoms with E-state index >= 15 is 0 Å². The highest BCUT2D eigenvalue weighted by Crippen LogP contribution is 2.22. The van der Waals surface area contributed by atoms with E-state index in [4.69, 9.17) is 5.73 Å². The lowest BCUT2D eigenvalue weighted by Gasteiger charge is -2.20. The summed E-state index contributed by atoms with van der Waals surface area (Å²) >= 11 is 0. The minimum atomic E-state index is 0.620. The molecule has 2 N–H and O–H groups in total. The zero-order valence-electron chi connectivity index (χ0n) is 12.0. The van der Waals surface area contributed by atoms with E-state index in [0.29, 0.717) is 5.92 Å². The van der Waals surface area contributed by atoms with Gasteiger partial charge in [0.1, 0.15) is 0 Å². The maximum Gasteiger partial charge on any atom is -0.00456 e. The van der Waals surface area contributed by atoms with E-state index in [-0.39, 0.29) is 0 Å². The van der Waals surface area contributed by atoms with Crippen molar-refractivity contribution in [3.63, 3.8) is 0 Å². The maximum atomic E-state index is 5.90. The highest BCUT2D eigenvalue weighted by Gasteiger charge is 2.13. The van der Waals surface area contributed by atoms with E-state index in [0.717, 1.165) is 18.9 Å². The summed E-state index contributed by atoms with van der Waals surface area (Å²) in [6, 6.07) is 4.57. The quantitative estimate of drug-likeness (QED) is 0.823. The van der Waals surface area contributed by atoms with Crippen molar-refractivity contribution < 1.29 is 0 Å². The largest absolute Gasteiger partial charge is 0.330 e. The van der Waals surface area contributed by atoms with Gasteiger partial charge in [-0.05, 0) is 68.7 Å². The number of rotatable bonds is 5. The van der Waals surface area contributed by atoms with E-state index in [1.54, 1.807) is 0 Å². The molecule has 96 valence electrons. The molecule has 0 radical (unpaired) electrons. The Bertz CT molecular complexity index is 343. The average Bonchev–Trinajstić information content (AvgIpc) is 2.20. The summed E-state index contributed by atoms with van der Waals surface area (Å²) in [6.45, 7) is 12.0.